The van der Waals surface area contributed by atoms with Crippen molar-refractivity contribution < 1.29 is 14.6 Å². The van der Waals surface area contributed by atoms with Crippen LogP contribution < -0.4 is 11.1 Å². The minimum absolute atomic E-state index is 0.0659. The van der Waals surface area contributed by atoms with Crippen LogP contribution in [0.15, 0.2) is 67.1 Å². The summed E-state index contributed by atoms with van der Waals surface area (Å²) in [6.45, 7) is 10.4. The molecule has 2 aliphatic carbocycles. The molecule has 0 bridgehead atoms. The summed E-state index contributed by atoms with van der Waals surface area (Å²) in [6, 6.07) is 17.9. The zero-order valence-electron chi connectivity index (χ0n) is 28.9. The predicted octanol–water partition coefficient (Wildman–Crippen LogP) is 4.93. The Bertz CT molecular complexity index is 1780. The van der Waals surface area contributed by atoms with Crippen molar-refractivity contribution in [3.8, 4) is 22.3 Å². The summed E-state index contributed by atoms with van der Waals surface area (Å²) < 4.78 is 8.11. The van der Waals surface area contributed by atoms with Gasteiger partial charge in [-0.15, -0.1) is 0 Å². The third-order valence-electron chi connectivity index (χ3n) is 10.8. The highest BCUT2D eigenvalue weighted by Crippen LogP contribution is 2.48. The highest BCUT2D eigenvalue weighted by Gasteiger charge is 2.40. The fourth-order valence-corrected chi connectivity index (χ4v) is 8.00. The van der Waals surface area contributed by atoms with Crippen LogP contribution in [0.3, 0.4) is 0 Å². The Kier molecular flexibility index (Phi) is 9.57. The molecule has 1 unspecified atom stereocenters. The molecular formula is C39H49N7O3. The van der Waals surface area contributed by atoms with Gasteiger partial charge in [-0.1, -0.05) is 56.3 Å². The molecule has 2 aromatic heterocycles. The first kappa shape index (κ1) is 33.4. The van der Waals surface area contributed by atoms with Gasteiger partial charge < -0.3 is 20.9 Å². The van der Waals surface area contributed by atoms with E-state index in [0.29, 0.717) is 18.2 Å². The molecule has 3 heterocycles. The fraction of sp³-hybridized carbons (Fsp3) is 0.462. The van der Waals surface area contributed by atoms with Crippen molar-refractivity contribution in [3.05, 3.63) is 89.4 Å². The zero-order valence-corrected chi connectivity index (χ0v) is 28.9. The third kappa shape index (κ3) is 7.14. The molecule has 1 saturated heterocycles. The standard InChI is InChI=1S/C39H49N7O3/c1-39(2)21-35(46-15-13-45(14-16-46)17-18-47)31-12-11-28(20-33(31)39)27-9-7-26(8-10-27)25-49-36-6-4-5-34(36)43-38(48)32-19-29(22-41-37(32)40)30-23-42-44(3)24-30/h7-12,19-20,22-24,34-36,47H,4-6,13-18,21,25H2,1-3H3,(H2,40,41)(H,43,48)/t34-,35?,36-/m0/s1. The van der Waals surface area contributed by atoms with Crippen LogP contribution in [0, 0.1) is 0 Å². The van der Waals surface area contributed by atoms with E-state index in [1.807, 2.05) is 13.2 Å². The number of ether oxygens (including phenoxy) is 1. The monoisotopic (exact) mass is 663 g/mol. The number of hydrogen-bond donors (Lipinski definition) is 3. The number of piperazine rings is 1. The quantitative estimate of drug-likeness (QED) is 0.219. The number of aryl methyl sites for hydroxylation is 1. The van der Waals surface area contributed by atoms with Gasteiger partial charge in [0.15, 0.2) is 0 Å². The van der Waals surface area contributed by atoms with Crippen LogP contribution in [0.25, 0.3) is 22.3 Å². The maximum Gasteiger partial charge on any atom is 0.255 e. The highest BCUT2D eigenvalue weighted by atomic mass is 16.5. The third-order valence-corrected chi connectivity index (χ3v) is 10.8. The van der Waals surface area contributed by atoms with E-state index in [-0.39, 0.29) is 35.9 Å². The Labute approximate surface area is 289 Å². The Hall–Kier alpha value is -4.09. The molecule has 3 aliphatic rings. The van der Waals surface area contributed by atoms with E-state index in [9.17, 15) is 9.90 Å². The van der Waals surface area contributed by atoms with Crippen LogP contribution in [-0.2, 0) is 23.8 Å². The molecule has 1 saturated carbocycles. The normalized spacial score (nSPS) is 22.3. The van der Waals surface area contributed by atoms with Crippen molar-refractivity contribution in [2.24, 2.45) is 7.05 Å². The van der Waals surface area contributed by atoms with Crippen molar-refractivity contribution in [1.29, 1.82) is 0 Å². The van der Waals surface area contributed by atoms with E-state index in [1.54, 1.807) is 23.1 Å². The number of hydrogen-bond acceptors (Lipinski definition) is 8. The number of carbonyl (C=O) groups excluding carboxylic acids is 1. The van der Waals surface area contributed by atoms with Gasteiger partial charge in [-0.05, 0) is 65.0 Å². The second kappa shape index (κ2) is 14.0. The molecule has 2 fully saturated rings. The number of aliphatic hydroxyl groups is 1. The number of carbonyl (C=O) groups is 1. The molecule has 49 heavy (non-hydrogen) atoms. The second-order valence-corrected chi connectivity index (χ2v) is 14.6. The summed E-state index contributed by atoms with van der Waals surface area (Å²) in [6.07, 6.45) is 9.12. The van der Waals surface area contributed by atoms with Crippen LogP contribution in [0.5, 0.6) is 0 Å². The average Bonchev–Trinajstić information content (AvgIpc) is 3.81. The molecule has 4 N–H and O–H groups in total. The molecule has 2 aromatic carbocycles. The van der Waals surface area contributed by atoms with Gasteiger partial charge in [-0.2, -0.15) is 5.10 Å². The van der Waals surface area contributed by atoms with E-state index >= 15 is 0 Å². The first-order valence-electron chi connectivity index (χ1n) is 17.7. The fourth-order valence-electron chi connectivity index (χ4n) is 8.00. The van der Waals surface area contributed by atoms with Crippen molar-refractivity contribution in [2.45, 2.75) is 69.7 Å². The molecular weight excluding hydrogens is 614 g/mol. The maximum atomic E-state index is 13.3. The summed E-state index contributed by atoms with van der Waals surface area (Å²) in [5.74, 6) is -0.0223. The first-order chi connectivity index (χ1) is 23.7. The van der Waals surface area contributed by atoms with Crippen molar-refractivity contribution in [1.82, 2.24) is 29.9 Å². The lowest BCUT2D eigenvalue weighted by Gasteiger charge is -2.38. The number of nitrogen functional groups attached to an aromatic ring is 1. The number of aromatic nitrogens is 3. The summed E-state index contributed by atoms with van der Waals surface area (Å²) in [5, 5.41) is 16.7. The van der Waals surface area contributed by atoms with E-state index in [2.05, 4.69) is 81.5 Å². The van der Waals surface area contributed by atoms with Gasteiger partial charge >= 0.3 is 0 Å². The molecule has 258 valence electrons. The number of benzene rings is 2. The molecule has 0 radical (unpaired) electrons. The molecule has 10 heteroatoms. The van der Waals surface area contributed by atoms with Crippen molar-refractivity contribution in [2.75, 3.05) is 45.1 Å². The molecule has 0 spiro atoms. The molecule has 1 amide bonds. The summed E-state index contributed by atoms with van der Waals surface area (Å²) in [7, 11) is 1.85. The van der Waals surface area contributed by atoms with E-state index in [4.69, 9.17) is 10.5 Å². The van der Waals surface area contributed by atoms with E-state index in [1.165, 1.54) is 22.3 Å². The van der Waals surface area contributed by atoms with Gasteiger partial charge in [0, 0.05) is 69.3 Å². The summed E-state index contributed by atoms with van der Waals surface area (Å²) >= 11 is 0. The molecule has 3 atom stereocenters. The Morgan fingerprint density at radius 2 is 1.78 bits per heavy atom. The number of nitrogens with two attached hydrogens (primary N) is 1. The van der Waals surface area contributed by atoms with Crippen LogP contribution >= 0.6 is 0 Å². The molecule has 1 aliphatic heterocycles. The lowest BCUT2D eigenvalue weighted by Crippen LogP contribution is -2.48. The number of pyridine rings is 1. The number of amides is 1. The van der Waals surface area contributed by atoms with Gasteiger partial charge in [0.25, 0.3) is 5.91 Å². The number of nitrogens with one attached hydrogen (secondary N) is 1. The number of β-amino-alcohol motifs (C(OH)–C–C–N with tert-alkyl or cyclic N) is 1. The van der Waals surface area contributed by atoms with Gasteiger partial charge in [0.05, 0.1) is 37.1 Å². The van der Waals surface area contributed by atoms with Gasteiger partial charge in [-0.25, -0.2) is 4.98 Å². The van der Waals surface area contributed by atoms with E-state index < -0.39 is 0 Å². The van der Waals surface area contributed by atoms with Crippen LogP contribution in [0.4, 0.5) is 5.82 Å². The molecule has 7 rings (SSSR count). The lowest BCUT2D eigenvalue weighted by atomic mass is 9.85. The number of nitrogens with zero attached hydrogens (tertiary/aromatic N) is 5. The summed E-state index contributed by atoms with van der Waals surface area (Å²) in [5.41, 5.74) is 14.8. The average molecular weight is 664 g/mol. The minimum atomic E-state index is -0.231. The smallest absolute Gasteiger partial charge is 0.255 e. The van der Waals surface area contributed by atoms with Gasteiger partial charge in [-0.3, -0.25) is 19.3 Å². The van der Waals surface area contributed by atoms with Crippen molar-refractivity contribution in [3.63, 3.8) is 0 Å². The summed E-state index contributed by atoms with van der Waals surface area (Å²) in [4.78, 5) is 22.6. The molecule has 4 aromatic rings. The number of fused-ring (bicyclic) bond motifs is 1. The van der Waals surface area contributed by atoms with E-state index in [0.717, 1.165) is 75.1 Å². The lowest BCUT2D eigenvalue weighted by molar-refractivity contribution is 0.0272. The van der Waals surface area contributed by atoms with Gasteiger partial charge in [0.2, 0.25) is 0 Å². The Balaban J connectivity index is 0.968. The first-order valence-corrected chi connectivity index (χ1v) is 17.7. The number of rotatable bonds is 10. The van der Waals surface area contributed by atoms with Crippen LogP contribution in [-0.4, -0.2) is 87.1 Å². The number of anilines is 1. The zero-order chi connectivity index (χ0) is 34.1. The van der Waals surface area contributed by atoms with Crippen LogP contribution in [0.1, 0.15) is 72.6 Å². The van der Waals surface area contributed by atoms with Crippen molar-refractivity contribution >= 4 is 11.7 Å². The van der Waals surface area contributed by atoms with Crippen LogP contribution in [0.2, 0.25) is 0 Å². The SMILES string of the molecule is Cn1cc(-c2cnc(N)c(C(=O)N[C@H]3CCC[C@@H]3OCc3ccc(-c4ccc5c(c4)C(C)(C)CC5N4CCN(CCO)CC4)cc3)c2)cn1. The van der Waals surface area contributed by atoms with Gasteiger partial charge in [0.1, 0.15) is 5.82 Å². The Morgan fingerprint density at radius 1 is 1.00 bits per heavy atom. The molecule has 10 nitrogen and oxygen atoms in total. The Morgan fingerprint density at radius 3 is 2.51 bits per heavy atom. The largest absolute Gasteiger partial charge is 0.395 e. The predicted molar refractivity (Wildman–Crippen MR) is 192 cm³/mol. The minimum Gasteiger partial charge on any atom is -0.395 e. The topological polar surface area (TPSA) is 122 Å². The highest BCUT2D eigenvalue weighted by molar-refractivity contribution is 5.99. The maximum absolute atomic E-state index is 13.3. The number of aliphatic hydroxyl groups excluding tert-OH is 1. The second-order valence-electron chi connectivity index (χ2n) is 14.6.